The molecule has 0 radical (unpaired) electrons. The van der Waals surface area contributed by atoms with Gasteiger partial charge in [-0.3, -0.25) is 0 Å². The van der Waals surface area contributed by atoms with Crippen molar-refractivity contribution in [2.45, 2.75) is 45.3 Å². The van der Waals surface area contributed by atoms with Crippen LogP contribution in [-0.4, -0.2) is 6.10 Å². The summed E-state index contributed by atoms with van der Waals surface area (Å²) in [6.07, 6.45) is 5.31. The minimum atomic E-state index is 0.404. The molecule has 94 valence electrons. The molecular weight excluding hydrogens is 234 g/mol. The van der Waals surface area contributed by atoms with E-state index in [0.717, 1.165) is 17.2 Å². The van der Waals surface area contributed by atoms with Crippen molar-refractivity contribution < 1.29 is 4.74 Å². The number of benzene rings is 1. The lowest BCUT2D eigenvalue weighted by atomic mass is 9.89. The van der Waals surface area contributed by atoms with Crippen molar-refractivity contribution in [3.63, 3.8) is 0 Å². The molecule has 0 heterocycles. The average molecular weight is 254 g/mol. The molecule has 1 saturated carbocycles. The standard InChI is InChI=1S/C14H20ClNO/c1-10-2-6-13(7-3-10)17-9-11-4-5-12(15)8-14(11)16/h4-5,8,10,13H,2-3,6-7,9,16H2,1H3. The monoisotopic (exact) mass is 253 g/mol. The second-order valence-electron chi connectivity index (χ2n) is 5.04. The zero-order valence-electron chi connectivity index (χ0n) is 10.3. The molecule has 1 aliphatic carbocycles. The maximum atomic E-state index is 5.91. The number of nitrogens with two attached hydrogens (primary N) is 1. The smallest absolute Gasteiger partial charge is 0.0740 e. The van der Waals surface area contributed by atoms with E-state index in [1.165, 1.54) is 25.7 Å². The molecule has 1 aromatic rings. The zero-order valence-corrected chi connectivity index (χ0v) is 11.0. The minimum Gasteiger partial charge on any atom is -0.398 e. The predicted molar refractivity (Wildman–Crippen MR) is 72.1 cm³/mol. The lowest BCUT2D eigenvalue weighted by Gasteiger charge is -2.26. The summed E-state index contributed by atoms with van der Waals surface area (Å²) in [4.78, 5) is 0. The highest BCUT2D eigenvalue weighted by molar-refractivity contribution is 6.30. The Balaban J connectivity index is 1.85. The van der Waals surface area contributed by atoms with Gasteiger partial charge in [0.25, 0.3) is 0 Å². The van der Waals surface area contributed by atoms with E-state index < -0.39 is 0 Å². The molecule has 2 nitrogen and oxygen atoms in total. The minimum absolute atomic E-state index is 0.404. The molecule has 0 saturated heterocycles. The third kappa shape index (κ3) is 3.62. The lowest BCUT2D eigenvalue weighted by Crippen LogP contribution is -2.20. The molecule has 0 atom stereocenters. The van der Waals surface area contributed by atoms with Crippen LogP contribution in [0.5, 0.6) is 0 Å². The van der Waals surface area contributed by atoms with Crippen molar-refractivity contribution in [3.8, 4) is 0 Å². The molecule has 0 spiro atoms. The molecule has 0 aromatic heterocycles. The summed E-state index contributed by atoms with van der Waals surface area (Å²) in [6.45, 7) is 2.91. The van der Waals surface area contributed by atoms with Crippen LogP contribution in [0, 0.1) is 5.92 Å². The van der Waals surface area contributed by atoms with Crippen LogP contribution in [0.15, 0.2) is 18.2 Å². The first-order valence-electron chi connectivity index (χ1n) is 6.30. The van der Waals surface area contributed by atoms with Gasteiger partial charge in [0.1, 0.15) is 0 Å². The summed E-state index contributed by atoms with van der Waals surface area (Å²) in [5.41, 5.74) is 7.65. The molecule has 2 rings (SSSR count). The van der Waals surface area contributed by atoms with Crippen molar-refractivity contribution in [2.24, 2.45) is 5.92 Å². The van der Waals surface area contributed by atoms with Crippen molar-refractivity contribution in [1.82, 2.24) is 0 Å². The molecule has 3 heteroatoms. The van der Waals surface area contributed by atoms with Gasteiger partial charge in [-0.05, 0) is 43.7 Å². The molecule has 0 unspecified atom stereocenters. The van der Waals surface area contributed by atoms with Crippen molar-refractivity contribution >= 4 is 17.3 Å². The summed E-state index contributed by atoms with van der Waals surface area (Å²) in [5.74, 6) is 0.857. The highest BCUT2D eigenvalue weighted by Gasteiger charge is 2.18. The molecule has 17 heavy (non-hydrogen) atoms. The lowest BCUT2D eigenvalue weighted by molar-refractivity contribution is 0.00903. The van der Waals surface area contributed by atoms with Crippen LogP contribution in [0.2, 0.25) is 5.02 Å². The maximum absolute atomic E-state index is 5.91. The quantitative estimate of drug-likeness (QED) is 0.826. The van der Waals surface area contributed by atoms with Gasteiger partial charge in [-0.2, -0.15) is 0 Å². The Morgan fingerprint density at radius 1 is 1.29 bits per heavy atom. The van der Waals surface area contributed by atoms with Crippen molar-refractivity contribution in [1.29, 1.82) is 0 Å². The Labute approximate surface area is 108 Å². The first-order chi connectivity index (χ1) is 8.15. The van der Waals surface area contributed by atoms with Crippen molar-refractivity contribution in [2.75, 3.05) is 5.73 Å². The molecular formula is C14H20ClNO. The predicted octanol–water partition coefficient (Wildman–Crippen LogP) is 4.02. The van der Waals surface area contributed by atoms with Crippen LogP contribution in [0.25, 0.3) is 0 Å². The van der Waals surface area contributed by atoms with E-state index in [-0.39, 0.29) is 0 Å². The number of ether oxygens (including phenoxy) is 1. The average Bonchev–Trinajstić information content (AvgIpc) is 2.30. The van der Waals surface area contributed by atoms with Gasteiger partial charge in [-0.15, -0.1) is 0 Å². The van der Waals surface area contributed by atoms with E-state index in [1.807, 2.05) is 12.1 Å². The summed E-state index contributed by atoms with van der Waals surface area (Å²) in [7, 11) is 0. The largest absolute Gasteiger partial charge is 0.398 e. The normalized spacial score (nSPS) is 24.8. The third-order valence-electron chi connectivity index (χ3n) is 3.55. The van der Waals surface area contributed by atoms with Crippen LogP contribution in [0.1, 0.15) is 38.2 Å². The fraction of sp³-hybridized carbons (Fsp3) is 0.571. The first-order valence-corrected chi connectivity index (χ1v) is 6.68. The van der Waals surface area contributed by atoms with Gasteiger partial charge in [0.15, 0.2) is 0 Å². The second-order valence-corrected chi connectivity index (χ2v) is 5.47. The zero-order chi connectivity index (χ0) is 12.3. The van der Waals surface area contributed by atoms with Crippen LogP contribution in [0.3, 0.4) is 0 Å². The molecule has 2 N–H and O–H groups in total. The highest BCUT2D eigenvalue weighted by atomic mass is 35.5. The van der Waals surface area contributed by atoms with Crippen LogP contribution in [0.4, 0.5) is 5.69 Å². The second kappa shape index (κ2) is 5.74. The maximum Gasteiger partial charge on any atom is 0.0740 e. The Bertz CT molecular complexity index is 372. The SMILES string of the molecule is CC1CCC(OCc2ccc(Cl)cc2N)CC1. The van der Waals surface area contributed by atoms with E-state index in [1.54, 1.807) is 6.07 Å². The molecule has 1 aliphatic rings. The van der Waals surface area contributed by atoms with Gasteiger partial charge in [0.2, 0.25) is 0 Å². The van der Waals surface area contributed by atoms with Gasteiger partial charge >= 0.3 is 0 Å². The van der Waals surface area contributed by atoms with Gasteiger partial charge < -0.3 is 10.5 Å². The van der Waals surface area contributed by atoms with Crippen LogP contribution >= 0.6 is 11.6 Å². The van der Waals surface area contributed by atoms with Crippen molar-refractivity contribution in [3.05, 3.63) is 28.8 Å². The fourth-order valence-corrected chi connectivity index (χ4v) is 2.48. The van der Waals surface area contributed by atoms with E-state index in [2.05, 4.69) is 6.92 Å². The number of nitrogen functional groups attached to an aromatic ring is 1. The molecule has 0 amide bonds. The van der Waals surface area contributed by atoms with E-state index in [0.29, 0.717) is 17.7 Å². The summed E-state index contributed by atoms with van der Waals surface area (Å²) < 4.78 is 5.91. The van der Waals surface area contributed by atoms with E-state index >= 15 is 0 Å². The Morgan fingerprint density at radius 2 is 2.00 bits per heavy atom. The molecule has 0 bridgehead atoms. The number of hydrogen-bond donors (Lipinski definition) is 1. The molecule has 1 aromatic carbocycles. The number of halogens is 1. The number of rotatable bonds is 3. The summed E-state index contributed by atoms with van der Waals surface area (Å²) >= 11 is 5.86. The number of hydrogen-bond acceptors (Lipinski definition) is 2. The van der Waals surface area contributed by atoms with E-state index in [9.17, 15) is 0 Å². The third-order valence-corrected chi connectivity index (χ3v) is 3.78. The summed E-state index contributed by atoms with van der Waals surface area (Å²) in [6, 6.07) is 5.59. The van der Waals surface area contributed by atoms with Gasteiger partial charge in [-0.1, -0.05) is 24.6 Å². The Morgan fingerprint density at radius 3 is 2.65 bits per heavy atom. The Kier molecular flexibility index (Phi) is 4.30. The molecule has 1 fully saturated rings. The fourth-order valence-electron chi connectivity index (χ4n) is 2.30. The summed E-state index contributed by atoms with van der Waals surface area (Å²) in [5, 5.41) is 0.678. The Hall–Kier alpha value is -0.730. The van der Waals surface area contributed by atoms with Gasteiger partial charge in [-0.25, -0.2) is 0 Å². The van der Waals surface area contributed by atoms with Crippen LogP contribution in [-0.2, 0) is 11.3 Å². The number of anilines is 1. The van der Waals surface area contributed by atoms with E-state index in [4.69, 9.17) is 22.1 Å². The highest BCUT2D eigenvalue weighted by Crippen LogP contribution is 2.27. The first kappa shape index (κ1) is 12.7. The molecule has 0 aliphatic heterocycles. The van der Waals surface area contributed by atoms with Crippen LogP contribution < -0.4 is 5.73 Å². The topological polar surface area (TPSA) is 35.2 Å². The van der Waals surface area contributed by atoms with Gasteiger partial charge in [0.05, 0.1) is 12.7 Å². The van der Waals surface area contributed by atoms with Gasteiger partial charge in [0, 0.05) is 16.3 Å².